The summed E-state index contributed by atoms with van der Waals surface area (Å²) >= 11 is 9.00. The number of rotatable bonds is 7. The van der Waals surface area contributed by atoms with Crippen molar-refractivity contribution in [1.82, 2.24) is 10.3 Å². The van der Waals surface area contributed by atoms with Gasteiger partial charge in [-0.15, -0.1) is 11.3 Å². The molecular weight excluding hydrogens is 364 g/mol. The maximum absolute atomic E-state index is 11.9. The molecule has 0 aliphatic heterocycles. The maximum atomic E-state index is 11.9. The number of thiazole rings is 1. The normalized spacial score (nSPS) is 10.5. The van der Waals surface area contributed by atoms with Crippen LogP contribution in [0.5, 0.6) is 5.75 Å². The fourth-order valence-electron chi connectivity index (χ4n) is 2.02. The van der Waals surface area contributed by atoms with Crippen molar-refractivity contribution in [3.8, 4) is 16.3 Å². The second kappa shape index (κ2) is 8.28. The lowest BCUT2D eigenvalue weighted by Gasteiger charge is -2.07. The Balaban J connectivity index is 1.40. The van der Waals surface area contributed by atoms with Gasteiger partial charge in [0.2, 0.25) is 5.91 Å². The maximum Gasteiger partial charge on any atom is 0.226 e. The third-order valence-electron chi connectivity index (χ3n) is 3.17. The van der Waals surface area contributed by atoms with E-state index in [0.717, 1.165) is 22.0 Å². The Kier molecular flexibility index (Phi) is 5.85. The highest BCUT2D eigenvalue weighted by Crippen LogP contribution is 2.25. The topological polar surface area (TPSA) is 51.2 Å². The summed E-state index contributed by atoms with van der Waals surface area (Å²) in [6.45, 7) is 0.855. The Morgan fingerprint density at radius 1 is 1.21 bits per heavy atom. The summed E-state index contributed by atoms with van der Waals surface area (Å²) in [6.07, 6.45) is 0.279. The van der Waals surface area contributed by atoms with Gasteiger partial charge < -0.3 is 10.1 Å². The number of nitrogens with one attached hydrogen (secondary N) is 1. The van der Waals surface area contributed by atoms with Gasteiger partial charge in [-0.3, -0.25) is 4.79 Å². The molecule has 0 spiro atoms. The Bertz CT molecular complexity index is 785. The van der Waals surface area contributed by atoms with Gasteiger partial charge in [0, 0.05) is 21.3 Å². The summed E-state index contributed by atoms with van der Waals surface area (Å²) < 4.78 is 5.53. The number of benzene rings is 1. The predicted molar refractivity (Wildman–Crippen MR) is 99.1 cm³/mol. The number of carbonyl (C=O) groups excluding carboxylic acids is 1. The van der Waals surface area contributed by atoms with Crippen LogP contribution in [0.2, 0.25) is 5.02 Å². The predicted octanol–water partition coefficient (Wildman–Crippen LogP) is 4.26. The van der Waals surface area contributed by atoms with E-state index in [2.05, 4.69) is 15.7 Å². The van der Waals surface area contributed by atoms with E-state index in [0.29, 0.717) is 18.2 Å². The van der Waals surface area contributed by atoms with Crippen molar-refractivity contribution in [1.29, 1.82) is 0 Å². The van der Waals surface area contributed by atoms with Crippen LogP contribution in [0.25, 0.3) is 10.6 Å². The Labute approximate surface area is 153 Å². The highest BCUT2D eigenvalue weighted by Gasteiger charge is 2.09. The summed E-state index contributed by atoms with van der Waals surface area (Å²) in [7, 11) is 0. The summed E-state index contributed by atoms with van der Waals surface area (Å²) in [6, 6.07) is 9.16. The average molecular weight is 379 g/mol. The zero-order chi connectivity index (χ0) is 16.8. The highest BCUT2D eigenvalue weighted by molar-refractivity contribution is 7.14. The molecule has 0 radical (unpaired) electrons. The van der Waals surface area contributed by atoms with E-state index in [4.69, 9.17) is 16.3 Å². The van der Waals surface area contributed by atoms with Crippen molar-refractivity contribution >= 4 is 40.2 Å². The number of ether oxygens (including phenoxy) is 1. The van der Waals surface area contributed by atoms with Crippen LogP contribution in [0.3, 0.4) is 0 Å². The van der Waals surface area contributed by atoms with E-state index in [-0.39, 0.29) is 12.3 Å². The van der Waals surface area contributed by atoms with Gasteiger partial charge in [-0.25, -0.2) is 4.98 Å². The standard InChI is InChI=1S/C17H15ClN2O2S2/c18-13-1-3-15(4-2-13)22-7-6-19-16(21)9-14-11-24-17(20-14)12-5-8-23-10-12/h1-5,8,10-11H,6-7,9H2,(H,19,21). The molecule has 0 fully saturated rings. The first kappa shape index (κ1) is 17.0. The molecule has 3 aromatic rings. The Morgan fingerprint density at radius 2 is 2.04 bits per heavy atom. The largest absolute Gasteiger partial charge is 0.492 e. The molecule has 2 aromatic heterocycles. The summed E-state index contributed by atoms with van der Waals surface area (Å²) in [5, 5.41) is 10.4. The molecule has 1 amide bonds. The Morgan fingerprint density at radius 3 is 2.79 bits per heavy atom. The van der Waals surface area contributed by atoms with Crippen molar-refractivity contribution in [3.05, 3.63) is 57.2 Å². The lowest BCUT2D eigenvalue weighted by molar-refractivity contribution is -0.120. The van der Waals surface area contributed by atoms with Crippen molar-refractivity contribution < 1.29 is 9.53 Å². The molecule has 0 atom stereocenters. The van der Waals surface area contributed by atoms with Gasteiger partial charge in [-0.1, -0.05) is 11.6 Å². The minimum Gasteiger partial charge on any atom is -0.492 e. The number of carbonyl (C=O) groups is 1. The molecule has 7 heteroatoms. The zero-order valence-electron chi connectivity index (χ0n) is 12.7. The molecular formula is C17H15ClN2O2S2. The number of hydrogen-bond donors (Lipinski definition) is 1. The van der Waals surface area contributed by atoms with E-state index >= 15 is 0 Å². The summed E-state index contributed by atoms with van der Waals surface area (Å²) in [4.78, 5) is 16.4. The van der Waals surface area contributed by atoms with Gasteiger partial charge >= 0.3 is 0 Å². The lowest BCUT2D eigenvalue weighted by Crippen LogP contribution is -2.29. The molecule has 124 valence electrons. The smallest absolute Gasteiger partial charge is 0.226 e. The van der Waals surface area contributed by atoms with Crippen LogP contribution < -0.4 is 10.1 Å². The van der Waals surface area contributed by atoms with Gasteiger partial charge in [0.25, 0.3) is 0 Å². The molecule has 3 rings (SSSR count). The monoisotopic (exact) mass is 378 g/mol. The molecule has 0 saturated carbocycles. The minimum atomic E-state index is -0.0584. The van der Waals surface area contributed by atoms with E-state index in [1.54, 1.807) is 46.9 Å². The van der Waals surface area contributed by atoms with Crippen LogP contribution in [-0.4, -0.2) is 24.0 Å². The summed E-state index contributed by atoms with van der Waals surface area (Å²) in [5.41, 5.74) is 1.89. The molecule has 0 bridgehead atoms. The molecule has 4 nitrogen and oxygen atoms in total. The minimum absolute atomic E-state index is 0.0584. The van der Waals surface area contributed by atoms with E-state index in [1.165, 1.54) is 0 Å². The molecule has 0 aliphatic rings. The number of thiophene rings is 1. The van der Waals surface area contributed by atoms with Gasteiger partial charge in [0.1, 0.15) is 17.4 Å². The highest BCUT2D eigenvalue weighted by atomic mass is 35.5. The van der Waals surface area contributed by atoms with Crippen LogP contribution in [-0.2, 0) is 11.2 Å². The first-order valence-electron chi connectivity index (χ1n) is 7.33. The molecule has 24 heavy (non-hydrogen) atoms. The molecule has 1 aromatic carbocycles. The van der Waals surface area contributed by atoms with Crippen molar-refractivity contribution in [2.24, 2.45) is 0 Å². The van der Waals surface area contributed by atoms with Gasteiger partial charge in [0.15, 0.2) is 0 Å². The first-order valence-corrected chi connectivity index (χ1v) is 9.53. The third kappa shape index (κ3) is 4.80. The first-order chi connectivity index (χ1) is 11.7. The number of amides is 1. The van der Waals surface area contributed by atoms with Gasteiger partial charge in [-0.05, 0) is 35.7 Å². The second-order valence-corrected chi connectivity index (χ2v) is 7.06. The number of aromatic nitrogens is 1. The van der Waals surface area contributed by atoms with Crippen LogP contribution in [0, 0.1) is 0 Å². The molecule has 0 aliphatic carbocycles. The second-order valence-electron chi connectivity index (χ2n) is 4.99. The van der Waals surface area contributed by atoms with Crippen molar-refractivity contribution in [2.75, 3.05) is 13.2 Å². The summed E-state index contributed by atoms with van der Waals surface area (Å²) in [5.74, 6) is 0.672. The van der Waals surface area contributed by atoms with Crippen LogP contribution in [0.15, 0.2) is 46.5 Å². The van der Waals surface area contributed by atoms with Crippen molar-refractivity contribution in [3.63, 3.8) is 0 Å². The molecule has 1 N–H and O–H groups in total. The quantitative estimate of drug-likeness (QED) is 0.625. The van der Waals surface area contributed by atoms with Crippen LogP contribution >= 0.6 is 34.3 Å². The number of halogens is 1. The van der Waals surface area contributed by atoms with Crippen LogP contribution in [0.4, 0.5) is 0 Å². The van der Waals surface area contributed by atoms with Gasteiger partial charge in [-0.2, -0.15) is 11.3 Å². The van der Waals surface area contributed by atoms with Crippen molar-refractivity contribution in [2.45, 2.75) is 6.42 Å². The zero-order valence-corrected chi connectivity index (χ0v) is 15.1. The molecule has 0 saturated heterocycles. The average Bonchev–Trinajstić information content (AvgIpc) is 3.24. The fourth-order valence-corrected chi connectivity index (χ4v) is 3.68. The van der Waals surface area contributed by atoms with Gasteiger partial charge in [0.05, 0.1) is 18.7 Å². The molecule has 2 heterocycles. The number of hydrogen-bond acceptors (Lipinski definition) is 5. The number of nitrogens with zero attached hydrogens (tertiary/aromatic N) is 1. The molecule has 0 unspecified atom stereocenters. The van der Waals surface area contributed by atoms with E-state index < -0.39 is 0 Å². The lowest BCUT2D eigenvalue weighted by atomic mass is 10.3. The van der Waals surface area contributed by atoms with E-state index in [9.17, 15) is 4.79 Å². The Hall–Kier alpha value is -1.89. The SMILES string of the molecule is O=C(Cc1csc(-c2ccsc2)n1)NCCOc1ccc(Cl)cc1. The van der Waals surface area contributed by atoms with E-state index in [1.807, 2.05) is 16.8 Å². The third-order valence-corrected chi connectivity index (χ3v) is 5.04. The van der Waals surface area contributed by atoms with Crippen LogP contribution in [0.1, 0.15) is 5.69 Å². The fraction of sp³-hybridized carbons (Fsp3) is 0.176.